The summed E-state index contributed by atoms with van der Waals surface area (Å²) in [5, 5.41) is 9.43. The van der Waals surface area contributed by atoms with Crippen LogP contribution in [0.2, 0.25) is 0 Å². The summed E-state index contributed by atoms with van der Waals surface area (Å²) in [5.74, 6) is 0.0708. The van der Waals surface area contributed by atoms with Crippen LogP contribution in [0.4, 0.5) is 0 Å². The number of benzene rings is 1. The Bertz CT molecular complexity index is 531. The third-order valence-corrected chi connectivity index (χ3v) is 4.49. The van der Waals surface area contributed by atoms with Gasteiger partial charge in [0.25, 0.3) is 0 Å². The zero-order chi connectivity index (χ0) is 14.8. The first-order chi connectivity index (χ1) is 10.2. The molecule has 0 bridgehead atoms. The van der Waals surface area contributed by atoms with Crippen LogP contribution in [-0.4, -0.2) is 48.9 Å². The summed E-state index contributed by atoms with van der Waals surface area (Å²) in [6.07, 6.45) is 3.11. The lowest BCUT2D eigenvalue weighted by molar-refractivity contribution is -0.152. The molecule has 1 aliphatic heterocycles. The average molecular weight is 291 g/mol. The lowest BCUT2D eigenvalue weighted by Crippen LogP contribution is -2.51. The Labute approximate surface area is 124 Å². The molecule has 3 rings (SSSR count). The van der Waals surface area contributed by atoms with Gasteiger partial charge >= 0.3 is 5.97 Å². The molecule has 5 nitrogen and oxygen atoms in total. The van der Waals surface area contributed by atoms with Crippen molar-refractivity contribution in [3.8, 4) is 5.75 Å². The van der Waals surface area contributed by atoms with Crippen molar-refractivity contribution in [2.24, 2.45) is 0 Å². The highest BCUT2D eigenvalue weighted by molar-refractivity contribution is 5.74. The summed E-state index contributed by atoms with van der Waals surface area (Å²) in [6.45, 7) is 1.55. The van der Waals surface area contributed by atoms with Crippen LogP contribution < -0.4 is 4.74 Å². The van der Waals surface area contributed by atoms with Crippen molar-refractivity contribution in [3.63, 3.8) is 0 Å². The molecule has 1 aliphatic carbocycles. The second-order valence-electron chi connectivity index (χ2n) is 5.64. The number of hydrogen-bond donors (Lipinski definition) is 1. The van der Waals surface area contributed by atoms with Crippen molar-refractivity contribution in [1.29, 1.82) is 0 Å². The van der Waals surface area contributed by atoms with Gasteiger partial charge in [-0.1, -0.05) is 6.07 Å². The Morgan fingerprint density at radius 3 is 3.10 bits per heavy atom. The minimum atomic E-state index is -0.796. The van der Waals surface area contributed by atoms with Gasteiger partial charge in [-0.15, -0.1) is 0 Å². The van der Waals surface area contributed by atoms with E-state index in [4.69, 9.17) is 9.47 Å². The number of morpholine rings is 1. The molecule has 5 heteroatoms. The van der Waals surface area contributed by atoms with Gasteiger partial charge in [0, 0.05) is 12.6 Å². The van der Waals surface area contributed by atoms with Crippen molar-refractivity contribution in [1.82, 2.24) is 4.90 Å². The molecule has 0 aromatic heterocycles. The predicted octanol–water partition coefficient (Wildman–Crippen LogP) is 1.86. The SMILES string of the molecule is COc1ccc2c(c1)CCCC2N1CCOCC1C(=O)O. The van der Waals surface area contributed by atoms with Gasteiger partial charge < -0.3 is 14.6 Å². The maximum Gasteiger partial charge on any atom is 0.323 e. The maximum absolute atomic E-state index is 11.5. The van der Waals surface area contributed by atoms with E-state index >= 15 is 0 Å². The van der Waals surface area contributed by atoms with E-state index in [0.717, 1.165) is 25.0 Å². The number of nitrogens with zero attached hydrogens (tertiary/aromatic N) is 1. The molecule has 1 aromatic rings. The lowest BCUT2D eigenvalue weighted by atomic mass is 9.85. The largest absolute Gasteiger partial charge is 0.497 e. The quantitative estimate of drug-likeness (QED) is 0.921. The van der Waals surface area contributed by atoms with E-state index in [9.17, 15) is 9.90 Å². The Balaban J connectivity index is 1.91. The molecule has 0 spiro atoms. The molecule has 114 valence electrons. The molecule has 1 heterocycles. The zero-order valence-corrected chi connectivity index (χ0v) is 12.2. The normalized spacial score (nSPS) is 26.1. The second kappa shape index (κ2) is 6.03. The minimum absolute atomic E-state index is 0.171. The minimum Gasteiger partial charge on any atom is -0.497 e. The summed E-state index contributed by atoms with van der Waals surface area (Å²) in [5.41, 5.74) is 2.52. The predicted molar refractivity (Wildman–Crippen MR) is 77.6 cm³/mol. The molecule has 1 fully saturated rings. The number of carboxylic acids is 1. The molecule has 0 radical (unpaired) electrons. The number of carbonyl (C=O) groups is 1. The summed E-state index contributed by atoms with van der Waals surface area (Å²) in [7, 11) is 1.67. The highest BCUT2D eigenvalue weighted by Gasteiger charge is 2.36. The van der Waals surface area contributed by atoms with Gasteiger partial charge in [-0.05, 0) is 42.5 Å². The van der Waals surface area contributed by atoms with Crippen LogP contribution in [0.3, 0.4) is 0 Å². The zero-order valence-electron chi connectivity index (χ0n) is 12.2. The third kappa shape index (κ3) is 2.76. The van der Waals surface area contributed by atoms with Crippen LogP contribution in [0.15, 0.2) is 18.2 Å². The number of aryl methyl sites for hydroxylation is 1. The molecule has 0 saturated carbocycles. The van der Waals surface area contributed by atoms with Gasteiger partial charge in [-0.25, -0.2) is 0 Å². The number of rotatable bonds is 3. The van der Waals surface area contributed by atoms with E-state index in [0.29, 0.717) is 13.2 Å². The number of fused-ring (bicyclic) bond motifs is 1. The molecule has 1 saturated heterocycles. The molecule has 1 aromatic carbocycles. The van der Waals surface area contributed by atoms with Crippen LogP contribution in [0.25, 0.3) is 0 Å². The average Bonchev–Trinajstić information content (AvgIpc) is 2.53. The van der Waals surface area contributed by atoms with E-state index in [1.165, 1.54) is 11.1 Å². The fourth-order valence-electron chi connectivity index (χ4n) is 3.44. The summed E-state index contributed by atoms with van der Waals surface area (Å²) in [6, 6.07) is 5.76. The highest BCUT2D eigenvalue weighted by atomic mass is 16.5. The first kappa shape index (κ1) is 14.4. The number of ether oxygens (including phenoxy) is 2. The second-order valence-corrected chi connectivity index (χ2v) is 5.64. The van der Waals surface area contributed by atoms with E-state index in [1.807, 2.05) is 6.07 Å². The standard InChI is InChI=1S/C16H21NO4/c1-20-12-5-6-13-11(9-12)3-2-4-14(13)17-7-8-21-10-15(17)16(18)19/h5-6,9,14-15H,2-4,7-8,10H2,1H3,(H,18,19). The molecule has 2 aliphatic rings. The van der Waals surface area contributed by atoms with Crippen LogP contribution in [0, 0.1) is 0 Å². The number of aliphatic carboxylic acids is 1. The summed E-state index contributed by atoms with van der Waals surface area (Å²) < 4.78 is 10.6. The van der Waals surface area contributed by atoms with E-state index in [-0.39, 0.29) is 12.6 Å². The molecule has 1 N–H and O–H groups in total. The van der Waals surface area contributed by atoms with Gasteiger partial charge in [0.15, 0.2) is 0 Å². The fraction of sp³-hybridized carbons (Fsp3) is 0.562. The molecular formula is C16H21NO4. The van der Waals surface area contributed by atoms with Crippen molar-refractivity contribution in [2.75, 3.05) is 26.9 Å². The summed E-state index contributed by atoms with van der Waals surface area (Å²) >= 11 is 0. The van der Waals surface area contributed by atoms with Crippen LogP contribution in [-0.2, 0) is 16.0 Å². The maximum atomic E-state index is 11.5. The first-order valence-electron chi connectivity index (χ1n) is 7.44. The van der Waals surface area contributed by atoms with E-state index < -0.39 is 12.0 Å². The molecule has 2 atom stereocenters. The smallest absolute Gasteiger partial charge is 0.323 e. The van der Waals surface area contributed by atoms with Gasteiger partial charge in [0.2, 0.25) is 0 Å². The van der Waals surface area contributed by atoms with Gasteiger partial charge in [0.05, 0.1) is 20.3 Å². The molecule has 21 heavy (non-hydrogen) atoms. The number of carboxylic acid groups (broad SMARTS) is 1. The Kier molecular flexibility index (Phi) is 4.12. The lowest BCUT2D eigenvalue weighted by Gasteiger charge is -2.41. The molecular weight excluding hydrogens is 270 g/mol. The van der Waals surface area contributed by atoms with E-state index in [2.05, 4.69) is 17.0 Å². The third-order valence-electron chi connectivity index (χ3n) is 4.49. The molecule has 0 amide bonds. The van der Waals surface area contributed by atoms with Crippen molar-refractivity contribution >= 4 is 5.97 Å². The summed E-state index contributed by atoms with van der Waals surface area (Å²) in [4.78, 5) is 13.6. The Morgan fingerprint density at radius 2 is 2.33 bits per heavy atom. The molecule has 2 unspecified atom stereocenters. The van der Waals surface area contributed by atoms with Gasteiger partial charge in [-0.3, -0.25) is 9.69 Å². The first-order valence-corrected chi connectivity index (χ1v) is 7.44. The fourth-order valence-corrected chi connectivity index (χ4v) is 3.44. The van der Waals surface area contributed by atoms with Crippen LogP contribution >= 0.6 is 0 Å². The number of methoxy groups -OCH3 is 1. The Morgan fingerprint density at radius 1 is 1.48 bits per heavy atom. The highest BCUT2D eigenvalue weighted by Crippen LogP contribution is 2.37. The topological polar surface area (TPSA) is 59.0 Å². The monoisotopic (exact) mass is 291 g/mol. The van der Waals surface area contributed by atoms with Crippen molar-refractivity contribution in [2.45, 2.75) is 31.3 Å². The van der Waals surface area contributed by atoms with Crippen LogP contribution in [0.1, 0.15) is 30.0 Å². The van der Waals surface area contributed by atoms with Gasteiger partial charge in [-0.2, -0.15) is 0 Å². The number of hydrogen-bond acceptors (Lipinski definition) is 4. The van der Waals surface area contributed by atoms with Crippen molar-refractivity contribution in [3.05, 3.63) is 29.3 Å². The van der Waals surface area contributed by atoms with Crippen molar-refractivity contribution < 1.29 is 19.4 Å². The Hall–Kier alpha value is -1.59. The van der Waals surface area contributed by atoms with E-state index in [1.54, 1.807) is 7.11 Å². The van der Waals surface area contributed by atoms with Gasteiger partial charge in [0.1, 0.15) is 11.8 Å². The van der Waals surface area contributed by atoms with Crippen LogP contribution in [0.5, 0.6) is 5.75 Å².